The van der Waals surface area contributed by atoms with Crippen molar-refractivity contribution in [2.45, 2.75) is 38.6 Å². The lowest BCUT2D eigenvalue weighted by Gasteiger charge is -2.27. The number of rotatable bonds is 2. The van der Waals surface area contributed by atoms with Crippen LogP contribution >= 0.6 is 0 Å². The van der Waals surface area contributed by atoms with Crippen molar-refractivity contribution in [2.24, 2.45) is 0 Å². The molecular weight excluding hydrogens is 351 g/mol. The molecule has 0 saturated carbocycles. The molecule has 1 aliphatic heterocycles. The van der Waals surface area contributed by atoms with Crippen molar-refractivity contribution in [3.05, 3.63) is 41.5 Å². The Morgan fingerprint density at radius 1 is 1.12 bits per heavy atom. The van der Waals surface area contributed by atoms with Gasteiger partial charge in [-0.25, -0.2) is 9.59 Å². The number of amides is 1. The van der Waals surface area contributed by atoms with Gasteiger partial charge in [-0.3, -0.25) is 4.90 Å². The fourth-order valence-corrected chi connectivity index (χ4v) is 2.49. The highest BCUT2D eigenvalue weighted by molar-refractivity contribution is 5.90. The molecule has 1 aromatic carbocycles. The Morgan fingerprint density at radius 2 is 1.69 bits per heavy atom. The number of alkyl halides is 3. The number of ether oxygens (including phenoxy) is 2. The van der Waals surface area contributed by atoms with Crippen LogP contribution in [0.15, 0.2) is 30.3 Å². The molecule has 1 amide bonds. The number of nitrogens with zero attached hydrogens (tertiary/aromatic N) is 1. The second kappa shape index (κ2) is 7.01. The van der Waals surface area contributed by atoms with Crippen molar-refractivity contribution in [3.8, 4) is 0 Å². The van der Waals surface area contributed by atoms with Gasteiger partial charge in [-0.2, -0.15) is 13.2 Å². The predicted molar refractivity (Wildman–Crippen MR) is 88.2 cm³/mol. The molecule has 1 aromatic rings. The molecule has 0 N–H and O–H groups in total. The number of carbonyl (C=O) groups is 2. The van der Waals surface area contributed by atoms with E-state index in [2.05, 4.69) is 0 Å². The maximum Gasteiger partial charge on any atom is 0.416 e. The van der Waals surface area contributed by atoms with Crippen LogP contribution in [-0.2, 0) is 20.4 Å². The van der Waals surface area contributed by atoms with E-state index in [9.17, 15) is 22.8 Å². The van der Waals surface area contributed by atoms with Gasteiger partial charge in [-0.05, 0) is 50.1 Å². The molecule has 1 heterocycles. The maximum absolute atomic E-state index is 12.7. The van der Waals surface area contributed by atoms with E-state index in [4.69, 9.17) is 9.47 Å². The minimum absolute atomic E-state index is 0.0278. The summed E-state index contributed by atoms with van der Waals surface area (Å²) in [7, 11) is 1.19. The number of hydrogen-bond acceptors (Lipinski definition) is 4. The van der Waals surface area contributed by atoms with E-state index in [-0.39, 0.29) is 6.54 Å². The molecule has 0 bridgehead atoms. The van der Waals surface area contributed by atoms with E-state index in [0.717, 1.165) is 12.1 Å². The fraction of sp³-hybridized carbons (Fsp3) is 0.444. The van der Waals surface area contributed by atoms with Gasteiger partial charge >= 0.3 is 18.2 Å². The van der Waals surface area contributed by atoms with Gasteiger partial charge in [0.1, 0.15) is 5.60 Å². The normalized spacial score (nSPS) is 17.7. The SMILES string of the molecule is COC(=O)[C@H]1C=C(c2ccc(C(F)(F)F)cc2)CN1C(=O)OC(C)(C)C. The number of benzene rings is 1. The highest BCUT2D eigenvalue weighted by Crippen LogP contribution is 2.32. The average Bonchev–Trinajstić information content (AvgIpc) is 2.97. The minimum Gasteiger partial charge on any atom is -0.467 e. The Balaban J connectivity index is 2.27. The molecule has 142 valence electrons. The second-order valence-corrected chi connectivity index (χ2v) is 6.84. The highest BCUT2D eigenvalue weighted by Gasteiger charge is 2.38. The maximum atomic E-state index is 12.7. The Kier molecular flexibility index (Phi) is 5.34. The van der Waals surface area contributed by atoms with Crippen LogP contribution < -0.4 is 0 Å². The van der Waals surface area contributed by atoms with Crippen molar-refractivity contribution in [3.63, 3.8) is 0 Å². The van der Waals surface area contributed by atoms with E-state index in [1.807, 2.05) is 0 Å². The first-order chi connectivity index (χ1) is 11.9. The molecule has 0 unspecified atom stereocenters. The summed E-state index contributed by atoms with van der Waals surface area (Å²) in [6.45, 7) is 5.11. The summed E-state index contributed by atoms with van der Waals surface area (Å²) >= 11 is 0. The topological polar surface area (TPSA) is 55.8 Å². The van der Waals surface area contributed by atoms with Crippen molar-refractivity contribution >= 4 is 17.6 Å². The molecule has 0 saturated heterocycles. The van der Waals surface area contributed by atoms with Crippen LogP contribution in [0.4, 0.5) is 18.0 Å². The van der Waals surface area contributed by atoms with Crippen LogP contribution in [0.5, 0.6) is 0 Å². The third kappa shape index (κ3) is 4.56. The summed E-state index contributed by atoms with van der Waals surface area (Å²) in [5, 5.41) is 0. The number of halogens is 3. The van der Waals surface area contributed by atoms with Crippen molar-refractivity contribution in [1.29, 1.82) is 0 Å². The van der Waals surface area contributed by atoms with E-state index >= 15 is 0 Å². The van der Waals surface area contributed by atoms with Crippen molar-refractivity contribution in [1.82, 2.24) is 4.90 Å². The lowest BCUT2D eigenvalue weighted by molar-refractivity contribution is -0.144. The third-order valence-electron chi connectivity index (χ3n) is 3.69. The Morgan fingerprint density at radius 3 is 2.15 bits per heavy atom. The summed E-state index contributed by atoms with van der Waals surface area (Å²) in [6.07, 6.45) is -3.64. The first-order valence-electron chi connectivity index (χ1n) is 7.88. The zero-order chi connectivity index (χ0) is 19.7. The van der Waals surface area contributed by atoms with Crippen LogP contribution in [0.1, 0.15) is 31.9 Å². The summed E-state index contributed by atoms with van der Waals surface area (Å²) in [5.74, 6) is -0.655. The quantitative estimate of drug-likeness (QED) is 0.741. The molecule has 8 heteroatoms. The van der Waals surface area contributed by atoms with E-state index in [0.29, 0.717) is 11.1 Å². The number of methoxy groups -OCH3 is 1. The third-order valence-corrected chi connectivity index (χ3v) is 3.69. The average molecular weight is 371 g/mol. The second-order valence-electron chi connectivity index (χ2n) is 6.84. The number of hydrogen-bond donors (Lipinski definition) is 0. The van der Waals surface area contributed by atoms with Gasteiger partial charge in [-0.15, -0.1) is 0 Å². The van der Waals surface area contributed by atoms with Crippen LogP contribution in [0.3, 0.4) is 0 Å². The molecule has 2 rings (SSSR count). The lowest BCUT2D eigenvalue weighted by atomic mass is 10.0. The summed E-state index contributed by atoms with van der Waals surface area (Å²) in [4.78, 5) is 25.5. The number of carbonyl (C=O) groups excluding carboxylic acids is 2. The van der Waals surface area contributed by atoms with Crippen LogP contribution in [0.25, 0.3) is 5.57 Å². The minimum atomic E-state index is -4.43. The fourth-order valence-electron chi connectivity index (χ4n) is 2.49. The van der Waals surface area contributed by atoms with E-state index in [1.165, 1.54) is 30.2 Å². The van der Waals surface area contributed by atoms with Gasteiger partial charge < -0.3 is 9.47 Å². The monoisotopic (exact) mass is 371 g/mol. The van der Waals surface area contributed by atoms with Gasteiger partial charge in [0.2, 0.25) is 0 Å². The van der Waals surface area contributed by atoms with E-state index < -0.39 is 35.4 Å². The Hall–Kier alpha value is -2.51. The zero-order valence-corrected chi connectivity index (χ0v) is 14.9. The molecule has 26 heavy (non-hydrogen) atoms. The van der Waals surface area contributed by atoms with Gasteiger partial charge in [-0.1, -0.05) is 12.1 Å². The molecule has 5 nitrogen and oxygen atoms in total. The molecule has 1 atom stereocenters. The molecular formula is C18H20F3NO4. The first-order valence-corrected chi connectivity index (χ1v) is 7.88. The lowest BCUT2D eigenvalue weighted by Crippen LogP contribution is -2.44. The Labute approximate surface area is 149 Å². The summed E-state index contributed by atoms with van der Waals surface area (Å²) in [5.41, 5.74) is -0.499. The van der Waals surface area contributed by atoms with Gasteiger partial charge in [0.05, 0.1) is 19.2 Å². The largest absolute Gasteiger partial charge is 0.467 e. The van der Waals surface area contributed by atoms with E-state index in [1.54, 1.807) is 20.8 Å². The zero-order valence-electron chi connectivity index (χ0n) is 14.9. The molecule has 1 aliphatic rings. The van der Waals surface area contributed by atoms with Crippen LogP contribution in [-0.4, -0.2) is 42.3 Å². The summed E-state index contributed by atoms with van der Waals surface area (Å²) in [6, 6.07) is 3.54. The first kappa shape index (κ1) is 19.8. The Bertz CT molecular complexity index is 717. The van der Waals surface area contributed by atoms with Crippen LogP contribution in [0, 0.1) is 0 Å². The molecule has 0 aliphatic carbocycles. The van der Waals surface area contributed by atoms with Crippen LogP contribution in [0.2, 0.25) is 0 Å². The van der Waals surface area contributed by atoms with Gasteiger partial charge in [0.15, 0.2) is 6.04 Å². The van der Waals surface area contributed by atoms with Gasteiger partial charge in [0.25, 0.3) is 0 Å². The molecule has 0 radical (unpaired) electrons. The summed E-state index contributed by atoms with van der Waals surface area (Å²) < 4.78 is 48.1. The highest BCUT2D eigenvalue weighted by atomic mass is 19.4. The van der Waals surface area contributed by atoms with Crippen molar-refractivity contribution < 1.29 is 32.2 Å². The smallest absolute Gasteiger partial charge is 0.416 e. The van der Waals surface area contributed by atoms with Gasteiger partial charge in [0, 0.05) is 0 Å². The van der Waals surface area contributed by atoms with Crippen molar-refractivity contribution in [2.75, 3.05) is 13.7 Å². The number of esters is 1. The standard InChI is InChI=1S/C18H20F3NO4/c1-17(2,3)26-16(24)22-10-12(9-14(22)15(23)25-4)11-5-7-13(8-6-11)18(19,20)21/h5-9,14H,10H2,1-4H3/t14-/m1/s1. The predicted octanol–water partition coefficient (Wildman–Crippen LogP) is 3.88. The molecule has 0 spiro atoms. The molecule has 0 aromatic heterocycles. The molecule has 0 fully saturated rings.